The van der Waals surface area contributed by atoms with Gasteiger partial charge in [-0.05, 0) is 69.3 Å². The van der Waals surface area contributed by atoms with Crippen molar-refractivity contribution in [2.45, 2.75) is 77.2 Å². The zero-order chi connectivity index (χ0) is 17.6. The second-order valence-corrected chi connectivity index (χ2v) is 9.92. The Labute approximate surface area is 159 Å². The summed E-state index contributed by atoms with van der Waals surface area (Å²) in [5, 5.41) is 0. The number of hydrogen-bond acceptors (Lipinski definition) is 1. The maximum atomic E-state index is 6.75. The number of allylic oxidation sites excluding steroid dienone is 1. The highest BCUT2D eigenvalue weighted by Crippen LogP contribution is 2.65. The largest absolute Gasteiger partial charge is 0.377 e. The van der Waals surface area contributed by atoms with Gasteiger partial charge >= 0.3 is 0 Å². The molecule has 0 spiro atoms. The monoisotopic (exact) mass is 350 g/mol. The van der Waals surface area contributed by atoms with Crippen molar-refractivity contribution in [1.29, 1.82) is 0 Å². The van der Waals surface area contributed by atoms with Gasteiger partial charge in [0.05, 0.1) is 12.7 Å². The van der Waals surface area contributed by atoms with Gasteiger partial charge in [0.25, 0.3) is 0 Å². The van der Waals surface area contributed by atoms with Crippen LogP contribution in [0.3, 0.4) is 0 Å². The fourth-order valence-electron chi connectivity index (χ4n) is 6.96. The van der Waals surface area contributed by atoms with Gasteiger partial charge in [-0.2, -0.15) is 0 Å². The molecule has 3 saturated carbocycles. The van der Waals surface area contributed by atoms with Crippen LogP contribution in [0.15, 0.2) is 42.0 Å². The van der Waals surface area contributed by atoms with E-state index in [1.54, 1.807) is 5.57 Å². The summed E-state index contributed by atoms with van der Waals surface area (Å²) in [6.45, 7) is 3.38. The third-order valence-corrected chi connectivity index (χ3v) is 8.38. The number of ether oxygens (including phenoxy) is 1. The zero-order valence-electron chi connectivity index (χ0n) is 16.4. The quantitative estimate of drug-likeness (QED) is 0.545. The van der Waals surface area contributed by atoms with E-state index in [1.165, 1.54) is 69.8 Å². The van der Waals surface area contributed by atoms with Crippen molar-refractivity contribution in [1.82, 2.24) is 0 Å². The maximum absolute atomic E-state index is 6.75. The molecule has 1 nitrogen and oxygen atoms in total. The van der Waals surface area contributed by atoms with E-state index in [4.69, 9.17) is 4.74 Å². The molecule has 1 aromatic carbocycles. The lowest BCUT2D eigenvalue weighted by Gasteiger charge is -2.61. The number of hydrogen-bond donors (Lipinski definition) is 0. The third kappa shape index (κ3) is 2.78. The molecule has 140 valence electrons. The molecule has 0 radical (unpaired) electrons. The van der Waals surface area contributed by atoms with E-state index in [9.17, 15) is 0 Å². The van der Waals surface area contributed by atoms with Crippen molar-refractivity contribution < 1.29 is 4.74 Å². The topological polar surface area (TPSA) is 9.23 Å². The molecule has 1 aromatic rings. The molecule has 0 aliphatic heterocycles. The summed E-state index contributed by atoms with van der Waals surface area (Å²) in [7, 11) is 0. The van der Waals surface area contributed by atoms with Crippen LogP contribution < -0.4 is 0 Å². The van der Waals surface area contributed by atoms with Crippen LogP contribution in [0.1, 0.15) is 70.3 Å². The van der Waals surface area contributed by atoms with Crippen molar-refractivity contribution in [3.05, 3.63) is 47.5 Å². The van der Waals surface area contributed by atoms with Crippen LogP contribution >= 0.6 is 0 Å². The molecule has 4 bridgehead atoms. The van der Waals surface area contributed by atoms with Gasteiger partial charge in [-0.3, -0.25) is 0 Å². The summed E-state index contributed by atoms with van der Waals surface area (Å²) < 4.78 is 6.75. The first-order valence-corrected chi connectivity index (χ1v) is 11.1. The highest BCUT2D eigenvalue weighted by Gasteiger charge is 2.56. The molecule has 5 aliphatic rings. The van der Waals surface area contributed by atoms with Gasteiger partial charge in [-0.1, -0.05) is 61.2 Å². The molecule has 1 heteroatoms. The smallest absolute Gasteiger partial charge is 0.0606 e. The molecule has 0 heterocycles. The number of benzene rings is 1. The minimum Gasteiger partial charge on any atom is -0.377 e. The normalized spacial score (nSPS) is 35.5. The molecular formula is C25H34O. The number of fused-ring (bicyclic) bond motifs is 1. The van der Waals surface area contributed by atoms with Crippen LogP contribution in [0, 0.1) is 22.7 Å². The van der Waals surface area contributed by atoms with E-state index < -0.39 is 0 Å². The van der Waals surface area contributed by atoms with Crippen LogP contribution in [0.2, 0.25) is 0 Å². The van der Waals surface area contributed by atoms with Crippen LogP contribution in [0.5, 0.6) is 0 Å². The average molecular weight is 351 g/mol. The van der Waals surface area contributed by atoms with Gasteiger partial charge in [0.2, 0.25) is 0 Å². The summed E-state index contributed by atoms with van der Waals surface area (Å²) in [6.07, 6.45) is 16.6. The first-order valence-electron chi connectivity index (χ1n) is 11.1. The van der Waals surface area contributed by atoms with Crippen molar-refractivity contribution in [3.8, 4) is 0 Å². The van der Waals surface area contributed by atoms with Crippen LogP contribution in [0.4, 0.5) is 0 Å². The first kappa shape index (κ1) is 17.0. The molecular weight excluding hydrogens is 316 g/mol. The predicted molar refractivity (Wildman–Crippen MR) is 107 cm³/mol. The summed E-state index contributed by atoms with van der Waals surface area (Å²) in [4.78, 5) is 0. The Morgan fingerprint density at radius 2 is 1.88 bits per heavy atom. The highest BCUT2D eigenvalue weighted by atomic mass is 16.5. The molecule has 4 atom stereocenters. The molecule has 5 aliphatic carbocycles. The van der Waals surface area contributed by atoms with Crippen molar-refractivity contribution in [2.75, 3.05) is 6.61 Å². The van der Waals surface area contributed by atoms with Gasteiger partial charge in [-0.15, -0.1) is 0 Å². The molecule has 26 heavy (non-hydrogen) atoms. The fourth-order valence-corrected chi connectivity index (χ4v) is 6.96. The van der Waals surface area contributed by atoms with E-state index in [1.807, 2.05) is 0 Å². The highest BCUT2D eigenvalue weighted by molar-refractivity contribution is 5.34. The lowest BCUT2D eigenvalue weighted by atomic mass is 9.45. The van der Waals surface area contributed by atoms with E-state index in [0.29, 0.717) is 16.9 Å². The molecule has 0 aromatic heterocycles. The second kappa shape index (κ2) is 6.51. The van der Waals surface area contributed by atoms with Crippen molar-refractivity contribution in [2.24, 2.45) is 22.7 Å². The molecule has 0 saturated heterocycles. The van der Waals surface area contributed by atoms with Crippen LogP contribution in [-0.4, -0.2) is 12.7 Å². The Bertz CT molecular complexity index is 669. The Balaban J connectivity index is 1.29. The zero-order valence-corrected chi connectivity index (χ0v) is 16.4. The third-order valence-electron chi connectivity index (χ3n) is 8.38. The summed E-state index contributed by atoms with van der Waals surface area (Å²) in [6, 6.07) is 11.1. The summed E-state index contributed by atoms with van der Waals surface area (Å²) in [5.74, 6) is 1.88. The minimum atomic E-state index is 0.349. The van der Waals surface area contributed by atoms with E-state index in [-0.39, 0.29) is 0 Å². The molecule has 0 N–H and O–H groups in total. The van der Waals surface area contributed by atoms with E-state index >= 15 is 0 Å². The second-order valence-electron chi connectivity index (χ2n) is 9.92. The summed E-state index contributed by atoms with van der Waals surface area (Å²) >= 11 is 0. The Hall–Kier alpha value is -1.08. The van der Waals surface area contributed by atoms with Gasteiger partial charge in [0.15, 0.2) is 0 Å². The van der Waals surface area contributed by atoms with Gasteiger partial charge in [-0.25, -0.2) is 0 Å². The van der Waals surface area contributed by atoms with Gasteiger partial charge in [0, 0.05) is 10.8 Å². The summed E-state index contributed by atoms with van der Waals surface area (Å²) in [5.41, 5.74) is 4.07. The van der Waals surface area contributed by atoms with E-state index in [2.05, 4.69) is 43.3 Å². The van der Waals surface area contributed by atoms with Crippen LogP contribution in [0.25, 0.3) is 0 Å². The Morgan fingerprint density at radius 3 is 2.58 bits per heavy atom. The Kier molecular flexibility index (Phi) is 4.27. The van der Waals surface area contributed by atoms with E-state index in [0.717, 1.165) is 18.4 Å². The standard InChI is InChI=1S/C25H34O/c1-19(26-18-25-16-21-10-11-23(25)22(14-21)17-25)24(12-6-3-7-13-24)15-20-8-4-2-5-9-20/h2,4-5,8-9,11,19,21-22H,3,6-7,10,12-18H2,1H3. The lowest BCUT2D eigenvalue weighted by Crippen LogP contribution is -2.53. The number of rotatable bonds is 6. The average Bonchev–Trinajstić information content (AvgIpc) is 2.67. The molecule has 0 amide bonds. The minimum absolute atomic E-state index is 0.349. The predicted octanol–water partition coefficient (Wildman–Crippen LogP) is 6.33. The fraction of sp³-hybridized carbons (Fsp3) is 0.680. The van der Waals surface area contributed by atoms with Crippen molar-refractivity contribution in [3.63, 3.8) is 0 Å². The maximum Gasteiger partial charge on any atom is 0.0606 e. The van der Waals surface area contributed by atoms with Crippen LogP contribution in [-0.2, 0) is 11.2 Å². The van der Waals surface area contributed by atoms with Gasteiger partial charge < -0.3 is 4.74 Å². The Morgan fingerprint density at radius 1 is 1.08 bits per heavy atom. The molecule has 3 fully saturated rings. The van der Waals surface area contributed by atoms with Crippen molar-refractivity contribution >= 4 is 0 Å². The van der Waals surface area contributed by atoms with Gasteiger partial charge in [0.1, 0.15) is 0 Å². The molecule has 4 unspecified atom stereocenters. The molecule has 6 rings (SSSR count). The first-order chi connectivity index (χ1) is 12.7. The lowest BCUT2D eigenvalue weighted by molar-refractivity contribution is -0.111. The SMILES string of the molecule is CC(OCC12CC3CC=C1C(C3)C2)C1(Cc2ccccc2)CCCCC1.